The average molecular weight is 321 g/mol. The first-order valence-electron chi connectivity index (χ1n) is 8.04. The number of benzene rings is 3. The molecule has 0 aliphatic heterocycles. The van der Waals surface area contributed by atoms with Crippen molar-refractivity contribution in [1.29, 1.82) is 0 Å². The Hall–Kier alpha value is -2.68. The zero-order chi connectivity index (χ0) is 17.1. The number of rotatable bonds is 4. The Bertz CT molecular complexity index is 883. The number of aryl methyl sites for hydroxylation is 1. The molecule has 0 spiro atoms. The molecule has 0 aromatic heterocycles. The predicted octanol–water partition coefficient (Wildman–Crippen LogP) is 4.60. The molecule has 0 N–H and O–H groups in total. The van der Waals surface area contributed by atoms with Crippen LogP contribution in [-0.4, -0.2) is 24.4 Å². The fourth-order valence-electron chi connectivity index (χ4n) is 2.90. The minimum atomic E-state index is -0.287. The van der Waals surface area contributed by atoms with E-state index >= 15 is 0 Å². The lowest BCUT2D eigenvalue weighted by Gasteiger charge is -2.18. The van der Waals surface area contributed by atoms with E-state index < -0.39 is 0 Å². The summed E-state index contributed by atoms with van der Waals surface area (Å²) in [7, 11) is 1.78. The molecule has 0 aliphatic rings. The molecular formula is C21H20FNO. The highest BCUT2D eigenvalue weighted by Gasteiger charge is 2.13. The van der Waals surface area contributed by atoms with E-state index in [0.717, 1.165) is 6.42 Å². The number of carbonyl (C=O) groups excluding carboxylic acids is 1. The quantitative estimate of drug-likeness (QED) is 0.687. The van der Waals surface area contributed by atoms with Gasteiger partial charge in [-0.05, 0) is 53.4 Å². The Kier molecular flexibility index (Phi) is 4.61. The van der Waals surface area contributed by atoms with Crippen LogP contribution in [0.4, 0.5) is 4.39 Å². The van der Waals surface area contributed by atoms with Crippen LogP contribution in [0.1, 0.15) is 21.5 Å². The summed E-state index contributed by atoms with van der Waals surface area (Å²) in [4.78, 5) is 14.2. The summed E-state index contributed by atoms with van der Waals surface area (Å²) in [6, 6.07) is 19.0. The molecule has 3 aromatic rings. The molecule has 0 fully saturated rings. The van der Waals surface area contributed by atoms with Gasteiger partial charge < -0.3 is 4.90 Å². The molecule has 3 heteroatoms. The number of fused-ring (bicyclic) bond motifs is 1. The van der Waals surface area contributed by atoms with Gasteiger partial charge in [0.2, 0.25) is 0 Å². The topological polar surface area (TPSA) is 20.3 Å². The maximum absolute atomic E-state index is 13.4. The van der Waals surface area contributed by atoms with Gasteiger partial charge in [-0.2, -0.15) is 0 Å². The Morgan fingerprint density at radius 3 is 2.58 bits per heavy atom. The van der Waals surface area contributed by atoms with Crippen LogP contribution >= 0.6 is 0 Å². The summed E-state index contributed by atoms with van der Waals surface area (Å²) in [5, 5.41) is 2.43. The first-order valence-corrected chi connectivity index (χ1v) is 8.04. The van der Waals surface area contributed by atoms with Crippen molar-refractivity contribution in [2.45, 2.75) is 13.3 Å². The van der Waals surface area contributed by atoms with Gasteiger partial charge in [0.05, 0.1) is 0 Å². The maximum atomic E-state index is 13.4. The van der Waals surface area contributed by atoms with Crippen LogP contribution in [0.15, 0.2) is 60.7 Å². The first kappa shape index (κ1) is 16.2. The smallest absolute Gasteiger partial charge is 0.253 e. The van der Waals surface area contributed by atoms with Crippen molar-refractivity contribution in [2.24, 2.45) is 0 Å². The molecule has 0 bridgehead atoms. The predicted molar refractivity (Wildman–Crippen MR) is 95.7 cm³/mol. The van der Waals surface area contributed by atoms with E-state index in [1.807, 2.05) is 18.2 Å². The van der Waals surface area contributed by atoms with E-state index in [4.69, 9.17) is 0 Å². The van der Waals surface area contributed by atoms with Gasteiger partial charge in [-0.25, -0.2) is 4.39 Å². The monoisotopic (exact) mass is 321 g/mol. The third kappa shape index (κ3) is 3.30. The average Bonchev–Trinajstić information content (AvgIpc) is 2.61. The zero-order valence-corrected chi connectivity index (χ0v) is 13.9. The summed E-state index contributed by atoms with van der Waals surface area (Å²) in [5.41, 5.74) is 2.24. The molecule has 0 atom stereocenters. The van der Waals surface area contributed by atoms with Crippen LogP contribution in [0.3, 0.4) is 0 Å². The number of likely N-dealkylation sites (N-methyl/N-ethyl adjacent to an activating group) is 1. The molecule has 0 aliphatic carbocycles. The molecule has 2 nitrogen and oxygen atoms in total. The third-order valence-corrected chi connectivity index (χ3v) is 4.35. The minimum Gasteiger partial charge on any atom is -0.341 e. The molecular weight excluding hydrogens is 301 g/mol. The van der Waals surface area contributed by atoms with Gasteiger partial charge in [0.1, 0.15) is 5.82 Å². The highest BCUT2D eigenvalue weighted by Crippen LogP contribution is 2.19. The van der Waals surface area contributed by atoms with E-state index in [0.29, 0.717) is 17.7 Å². The molecule has 0 unspecified atom stereocenters. The molecule has 0 saturated carbocycles. The lowest BCUT2D eigenvalue weighted by Crippen LogP contribution is -2.29. The SMILES string of the molecule is Cc1cc(C(=O)N(C)CCc2cccc3ccccc23)ccc1F. The summed E-state index contributed by atoms with van der Waals surface area (Å²) >= 11 is 0. The lowest BCUT2D eigenvalue weighted by atomic mass is 10.0. The Labute approximate surface area is 141 Å². The highest BCUT2D eigenvalue weighted by atomic mass is 19.1. The van der Waals surface area contributed by atoms with E-state index in [1.54, 1.807) is 31.0 Å². The number of carbonyl (C=O) groups is 1. The van der Waals surface area contributed by atoms with Gasteiger partial charge in [-0.1, -0.05) is 42.5 Å². The molecule has 0 radical (unpaired) electrons. The van der Waals surface area contributed by atoms with Crippen LogP contribution in [0, 0.1) is 12.7 Å². The van der Waals surface area contributed by atoms with Crippen molar-refractivity contribution in [1.82, 2.24) is 4.90 Å². The largest absolute Gasteiger partial charge is 0.341 e. The van der Waals surface area contributed by atoms with Gasteiger partial charge in [0.25, 0.3) is 5.91 Å². The third-order valence-electron chi connectivity index (χ3n) is 4.35. The molecule has 122 valence electrons. The highest BCUT2D eigenvalue weighted by molar-refractivity contribution is 5.94. The van der Waals surface area contributed by atoms with Crippen LogP contribution in [0.25, 0.3) is 10.8 Å². The fraction of sp³-hybridized carbons (Fsp3) is 0.190. The van der Waals surface area contributed by atoms with Crippen LogP contribution in [0.2, 0.25) is 0 Å². The van der Waals surface area contributed by atoms with Crippen LogP contribution in [0.5, 0.6) is 0 Å². The standard InChI is InChI=1S/C21H20FNO/c1-15-14-18(10-11-20(15)22)21(24)23(2)13-12-17-8-5-7-16-6-3-4-9-19(16)17/h3-11,14H,12-13H2,1-2H3. The lowest BCUT2D eigenvalue weighted by molar-refractivity contribution is 0.0796. The van der Waals surface area contributed by atoms with Crippen molar-refractivity contribution in [3.63, 3.8) is 0 Å². The minimum absolute atomic E-state index is 0.0849. The molecule has 24 heavy (non-hydrogen) atoms. The number of halogens is 1. The van der Waals surface area contributed by atoms with E-state index in [9.17, 15) is 9.18 Å². The second-order valence-corrected chi connectivity index (χ2v) is 6.08. The van der Waals surface area contributed by atoms with Crippen LogP contribution < -0.4 is 0 Å². The van der Waals surface area contributed by atoms with Crippen molar-refractivity contribution in [3.8, 4) is 0 Å². The summed E-state index contributed by atoms with van der Waals surface area (Å²) < 4.78 is 13.4. The normalized spacial score (nSPS) is 10.8. The van der Waals surface area contributed by atoms with Crippen LogP contribution in [-0.2, 0) is 6.42 Å². The number of nitrogens with zero attached hydrogens (tertiary/aromatic N) is 1. The summed E-state index contributed by atoms with van der Waals surface area (Å²) in [5.74, 6) is -0.372. The van der Waals surface area contributed by atoms with Gasteiger partial charge in [0, 0.05) is 19.2 Å². The number of hydrogen-bond acceptors (Lipinski definition) is 1. The van der Waals surface area contributed by atoms with E-state index in [-0.39, 0.29) is 11.7 Å². The van der Waals surface area contributed by atoms with Crippen molar-refractivity contribution in [3.05, 3.63) is 83.2 Å². The second-order valence-electron chi connectivity index (χ2n) is 6.08. The van der Waals surface area contributed by atoms with Gasteiger partial charge in [0.15, 0.2) is 0 Å². The number of amides is 1. The fourth-order valence-corrected chi connectivity index (χ4v) is 2.90. The van der Waals surface area contributed by atoms with Gasteiger partial charge >= 0.3 is 0 Å². The van der Waals surface area contributed by atoms with E-state index in [2.05, 4.69) is 24.3 Å². The first-order chi connectivity index (χ1) is 11.6. The molecule has 0 heterocycles. The maximum Gasteiger partial charge on any atom is 0.253 e. The molecule has 1 amide bonds. The molecule has 3 aromatic carbocycles. The van der Waals surface area contributed by atoms with Crippen molar-refractivity contribution < 1.29 is 9.18 Å². The number of hydrogen-bond donors (Lipinski definition) is 0. The van der Waals surface area contributed by atoms with Crippen molar-refractivity contribution in [2.75, 3.05) is 13.6 Å². The molecule has 3 rings (SSSR count). The summed E-state index contributed by atoms with van der Waals surface area (Å²) in [6.45, 7) is 2.28. The second kappa shape index (κ2) is 6.83. The van der Waals surface area contributed by atoms with Gasteiger partial charge in [-0.15, -0.1) is 0 Å². The Balaban J connectivity index is 1.73. The Morgan fingerprint density at radius 2 is 1.79 bits per heavy atom. The Morgan fingerprint density at radius 1 is 1.04 bits per heavy atom. The molecule has 0 saturated heterocycles. The summed E-state index contributed by atoms with van der Waals surface area (Å²) in [6.07, 6.45) is 0.782. The zero-order valence-electron chi connectivity index (χ0n) is 13.9. The van der Waals surface area contributed by atoms with Crippen molar-refractivity contribution >= 4 is 16.7 Å². The van der Waals surface area contributed by atoms with Gasteiger partial charge in [-0.3, -0.25) is 4.79 Å². The van der Waals surface area contributed by atoms with E-state index in [1.165, 1.54) is 22.4 Å².